The number of aromatic nitrogens is 3. The maximum absolute atomic E-state index is 12.7. The Morgan fingerprint density at radius 2 is 1.96 bits per heavy atom. The lowest BCUT2D eigenvalue weighted by molar-refractivity contribution is 0.103. The van der Waals surface area contributed by atoms with Crippen LogP contribution in [-0.2, 0) is 12.8 Å². The van der Waals surface area contributed by atoms with E-state index in [1.165, 1.54) is 28.2 Å². The Labute approximate surface area is 163 Å². The molecule has 3 aromatic heterocycles. The lowest BCUT2D eigenvalue weighted by Crippen LogP contribution is -2.11. The van der Waals surface area contributed by atoms with Crippen LogP contribution in [0.1, 0.15) is 27.3 Å². The summed E-state index contributed by atoms with van der Waals surface area (Å²) in [4.78, 5) is 18.7. The molecule has 0 unspecified atom stereocenters. The van der Waals surface area contributed by atoms with Gasteiger partial charge in [-0.3, -0.25) is 10.1 Å². The zero-order valence-corrected chi connectivity index (χ0v) is 15.9. The quantitative estimate of drug-likeness (QED) is 0.546. The zero-order chi connectivity index (χ0) is 18.4. The molecule has 3 heterocycles. The van der Waals surface area contributed by atoms with Crippen molar-refractivity contribution in [2.75, 3.05) is 11.1 Å². The van der Waals surface area contributed by atoms with Crippen LogP contribution >= 0.6 is 22.7 Å². The summed E-state index contributed by atoms with van der Waals surface area (Å²) < 4.78 is 0. The molecular formula is C19H15N5OS2. The number of anilines is 2. The highest BCUT2D eigenvalue weighted by Gasteiger charge is 2.22. The van der Waals surface area contributed by atoms with Gasteiger partial charge >= 0.3 is 0 Å². The molecule has 8 heteroatoms. The number of nitrogens with zero attached hydrogens (tertiary/aromatic N) is 3. The first-order chi connectivity index (χ1) is 13.2. The Balaban J connectivity index is 1.43. The van der Waals surface area contributed by atoms with E-state index in [1.807, 2.05) is 30.3 Å². The van der Waals surface area contributed by atoms with Crippen LogP contribution in [0.15, 0.2) is 36.4 Å². The maximum Gasteiger partial charge on any atom is 0.269 e. The fraction of sp³-hybridized carbons (Fsp3) is 0.158. The first kappa shape index (κ1) is 16.3. The number of amides is 1. The standard InChI is InChI=1S/C19H15N5OS2/c20-14-12-9-11-7-4-8-13(11)21-18(12)26-15(14)16(25)22-19-24-23-17(27-19)10-5-2-1-3-6-10/h1-3,5-6,9H,4,7-8,20H2,(H,22,24,25). The highest BCUT2D eigenvalue weighted by atomic mass is 32.1. The number of carbonyl (C=O) groups excluding carboxylic acids is 1. The van der Waals surface area contributed by atoms with Crippen molar-refractivity contribution >= 4 is 49.6 Å². The van der Waals surface area contributed by atoms with Gasteiger partial charge in [0, 0.05) is 16.6 Å². The molecule has 6 nitrogen and oxygen atoms in total. The van der Waals surface area contributed by atoms with Crippen molar-refractivity contribution in [1.82, 2.24) is 15.2 Å². The summed E-state index contributed by atoms with van der Waals surface area (Å²) in [5, 5.41) is 13.1. The number of benzene rings is 1. The Kier molecular flexibility index (Phi) is 3.87. The van der Waals surface area contributed by atoms with Crippen LogP contribution in [0.3, 0.4) is 0 Å². The van der Waals surface area contributed by atoms with Crippen LogP contribution in [-0.4, -0.2) is 21.1 Å². The molecule has 0 bridgehead atoms. The Morgan fingerprint density at radius 1 is 1.11 bits per heavy atom. The lowest BCUT2D eigenvalue weighted by Gasteiger charge is -2.00. The van der Waals surface area contributed by atoms with Crippen LogP contribution in [0.4, 0.5) is 10.8 Å². The van der Waals surface area contributed by atoms with E-state index in [0.29, 0.717) is 15.7 Å². The molecule has 4 aromatic rings. The highest BCUT2D eigenvalue weighted by molar-refractivity contribution is 7.21. The molecule has 5 rings (SSSR count). The van der Waals surface area contributed by atoms with E-state index in [0.717, 1.165) is 45.7 Å². The molecule has 27 heavy (non-hydrogen) atoms. The number of pyridine rings is 1. The first-order valence-corrected chi connectivity index (χ1v) is 10.2. The predicted molar refractivity (Wildman–Crippen MR) is 109 cm³/mol. The number of aryl methyl sites for hydroxylation is 2. The minimum Gasteiger partial charge on any atom is -0.397 e. The third kappa shape index (κ3) is 2.87. The average molecular weight is 393 g/mol. The summed E-state index contributed by atoms with van der Waals surface area (Å²) in [7, 11) is 0. The van der Waals surface area contributed by atoms with Crippen molar-refractivity contribution in [3.05, 3.63) is 52.5 Å². The third-order valence-electron chi connectivity index (χ3n) is 4.62. The fourth-order valence-electron chi connectivity index (χ4n) is 3.29. The van der Waals surface area contributed by atoms with E-state index in [1.54, 1.807) is 0 Å². The normalized spacial score (nSPS) is 13.0. The van der Waals surface area contributed by atoms with Gasteiger partial charge in [0.1, 0.15) is 14.7 Å². The van der Waals surface area contributed by atoms with E-state index >= 15 is 0 Å². The maximum atomic E-state index is 12.7. The number of hydrogen-bond donors (Lipinski definition) is 2. The molecule has 0 fully saturated rings. The van der Waals surface area contributed by atoms with Crippen molar-refractivity contribution < 1.29 is 4.79 Å². The van der Waals surface area contributed by atoms with Gasteiger partial charge in [-0.05, 0) is 30.9 Å². The summed E-state index contributed by atoms with van der Waals surface area (Å²) in [6.45, 7) is 0. The van der Waals surface area contributed by atoms with E-state index in [4.69, 9.17) is 10.7 Å². The summed E-state index contributed by atoms with van der Waals surface area (Å²) >= 11 is 2.66. The van der Waals surface area contributed by atoms with Crippen molar-refractivity contribution in [3.63, 3.8) is 0 Å². The summed E-state index contributed by atoms with van der Waals surface area (Å²) in [5.41, 5.74) is 10.1. The Morgan fingerprint density at radius 3 is 2.81 bits per heavy atom. The molecule has 0 saturated heterocycles. The molecule has 1 aliphatic rings. The van der Waals surface area contributed by atoms with Crippen LogP contribution in [0.5, 0.6) is 0 Å². The van der Waals surface area contributed by atoms with E-state index < -0.39 is 0 Å². The smallest absolute Gasteiger partial charge is 0.269 e. The van der Waals surface area contributed by atoms with Gasteiger partial charge in [-0.25, -0.2) is 4.98 Å². The first-order valence-electron chi connectivity index (χ1n) is 8.60. The summed E-state index contributed by atoms with van der Waals surface area (Å²) in [6, 6.07) is 11.8. The van der Waals surface area contributed by atoms with Crippen LogP contribution in [0, 0.1) is 0 Å². The molecule has 0 aliphatic heterocycles. The molecule has 134 valence electrons. The molecule has 1 amide bonds. The molecule has 0 spiro atoms. The number of nitrogens with two attached hydrogens (primary N) is 1. The van der Waals surface area contributed by atoms with Crippen molar-refractivity contribution in [2.24, 2.45) is 0 Å². The van der Waals surface area contributed by atoms with Gasteiger partial charge in [0.05, 0.1) is 5.69 Å². The topological polar surface area (TPSA) is 93.8 Å². The average Bonchev–Trinajstić information content (AvgIpc) is 3.40. The van der Waals surface area contributed by atoms with E-state index in [9.17, 15) is 4.79 Å². The van der Waals surface area contributed by atoms with Gasteiger partial charge in [-0.15, -0.1) is 21.5 Å². The van der Waals surface area contributed by atoms with Crippen molar-refractivity contribution in [2.45, 2.75) is 19.3 Å². The van der Waals surface area contributed by atoms with Crippen molar-refractivity contribution in [1.29, 1.82) is 0 Å². The van der Waals surface area contributed by atoms with Gasteiger partial charge in [-0.2, -0.15) is 0 Å². The van der Waals surface area contributed by atoms with Gasteiger partial charge in [0.25, 0.3) is 5.91 Å². The second kappa shape index (κ2) is 6.40. The zero-order valence-electron chi connectivity index (χ0n) is 14.2. The fourth-order valence-corrected chi connectivity index (χ4v) is 5.03. The number of fused-ring (bicyclic) bond motifs is 2. The van der Waals surface area contributed by atoms with Gasteiger partial charge < -0.3 is 5.73 Å². The van der Waals surface area contributed by atoms with E-state index in [2.05, 4.69) is 21.6 Å². The summed E-state index contributed by atoms with van der Waals surface area (Å²) in [6.07, 6.45) is 3.16. The molecule has 0 atom stereocenters. The van der Waals surface area contributed by atoms with E-state index in [-0.39, 0.29) is 5.91 Å². The second-order valence-corrected chi connectivity index (χ2v) is 8.35. The number of thiophene rings is 1. The number of carbonyl (C=O) groups is 1. The highest BCUT2D eigenvalue weighted by Crippen LogP contribution is 2.36. The predicted octanol–water partition coefficient (Wildman–Crippen LogP) is 4.14. The van der Waals surface area contributed by atoms with Crippen LogP contribution in [0.25, 0.3) is 20.8 Å². The second-order valence-electron chi connectivity index (χ2n) is 6.38. The summed E-state index contributed by atoms with van der Waals surface area (Å²) in [5.74, 6) is -0.272. The lowest BCUT2D eigenvalue weighted by atomic mass is 10.1. The minimum atomic E-state index is -0.272. The van der Waals surface area contributed by atoms with Crippen LogP contribution < -0.4 is 11.1 Å². The number of hydrogen-bond acceptors (Lipinski definition) is 7. The van der Waals surface area contributed by atoms with Crippen LogP contribution in [0.2, 0.25) is 0 Å². The SMILES string of the molecule is Nc1c(C(=O)Nc2nnc(-c3ccccc3)s2)sc2nc3c(cc12)CCC3. The number of rotatable bonds is 3. The van der Waals surface area contributed by atoms with Gasteiger partial charge in [-0.1, -0.05) is 41.7 Å². The largest absolute Gasteiger partial charge is 0.397 e. The van der Waals surface area contributed by atoms with Crippen molar-refractivity contribution in [3.8, 4) is 10.6 Å². The molecule has 1 aromatic carbocycles. The molecule has 1 aliphatic carbocycles. The minimum absolute atomic E-state index is 0.272. The monoisotopic (exact) mass is 393 g/mol. The molecular weight excluding hydrogens is 378 g/mol. The van der Waals surface area contributed by atoms with Gasteiger partial charge in [0.2, 0.25) is 5.13 Å². The van der Waals surface area contributed by atoms with Gasteiger partial charge in [0.15, 0.2) is 0 Å². The third-order valence-corrected chi connectivity index (χ3v) is 6.62. The molecule has 3 N–H and O–H groups in total. The number of nitrogens with one attached hydrogen (secondary N) is 1. The number of nitrogen functional groups attached to an aromatic ring is 1. The Bertz CT molecular complexity index is 1170. The molecule has 0 saturated carbocycles. The molecule has 0 radical (unpaired) electrons. The Hall–Kier alpha value is -2.84.